The number of rotatable bonds is 5. The zero-order chi connectivity index (χ0) is 17.8. The van der Waals surface area contributed by atoms with Crippen molar-refractivity contribution in [1.29, 1.82) is 0 Å². The van der Waals surface area contributed by atoms with Gasteiger partial charge >= 0.3 is 0 Å². The van der Waals surface area contributed by atoms with Gasteiger partial charge in [0, 0.05) is 33.0 Å². The molecule has 8 nitrogen and oxygen atoms in total. The number of piperidine rings is 2. The summed E-state index contributed by atoms with van der Waals surface area (Å²) in [6.07, 6.45) is 4.59. The normalized spacial score (nSPS) is 22.9. The van der Waals surface area contributed by atoms with Crippen LogP contribution in [0.15, 0.2) is 4.52 Å². The van der Waals surface area contributed by atoms with Crippen LogP contribution in [0.25, 0.3) is 0 Å². The van der Waals surface area contributed by atoms with E-state index in [1.807, 2.05) is 9.80 Å². The first-order valence-corrected chi connectivity index (χ1v) is 9.10. The van der Waals surface area contributed by atoms with Crippen molar-refractivity contribution in [2.45, 2.75) is 39.0 Å². The third-order valence-corrected chi connectivity index (χ3v) is 5.20. The predicted molar refractivity (Wildman–Crippen MR) is 90.4 cm³/mol. The molecule has 3 rings (SSSR count). The van der Waals surface area contributed by atoms with Crippen LogP contribution in [0.4, 0.5) is 0 Å². The van der Waals surface area contributed by atoms with E-state index in [0.29, 0.717) is 18.4 Å². The zero-order valence-corrected chi connectivity index (χ0v) is 14.8. The van der Waals surface area contributed by atoms with Crippen LogP contribution in [0.5, 0.6) is 0 Å². The van der Waals surface area contributed by atoms with Gasteiger partial charge in [-0.1, -0.05) is 5.16 Å². The van der Waals surface area contributed by atoms with Crippen LogP contribution in [0, 0.1) is 18.8 Å². The quantitative estimate of drug-likeness (QED) is 0.822. The molecular formula is C17H27N5O3. The summed E-state index contributed by atoms with van der Waals surface area (Å²) in [4.78, 5) is 32.1. The second-order valence-electron chi connectivity index (χ2n) is 7.24. The lowest BCUT2D eigenvalue weighted by molar-refractivity contribution is -0.139. The molecule has 2 N–H and O–H groups in total. The summed E-state index contributed by atoms with van der Waals surface area (Å²) in [5, 5.41) is 3.96. The number of carbonyl (C=O) groups is 2. The van der Waals surface area contributed by atoms with Crippen LogP contribution >= 0.6 is 0 Å². The summed E-state index contributed by atoms with van der Waals surface area (Å²) in [6, 6.07) is 0. The van der Waals surface area contributed by atoms with E-state index in [9.17, 15) is 9.59 Å². The Morgan fingerprint density at radius 1 is 1.24 bits per heavy atom. The van der Waals surface area contributed by atoms with Crippen LogP contribution in [-0.4, -0.2) is 64.5 Å². The maximum Gasteiger partial charge on any atom is 0.231 e. The van der Waals surface area contributed by atoms with Crippen LogP contribution < -0.4 is 5.73 Å². The number of likely N-dealkylation sites (tertiary alicyclic amines) is 2. The van der Waals surface area contributed by atoms with Crippen molar-refractivity contribution in [3.8, 4) is 0 Å². The van der Waals surface area contributed by atoms with Crippen molar-refractivity contribution in [3.63, 3.8) is 0 Å². The van der Waals surface area contributed by atoms with E-state index in [1.165, 1.54) is 0 Å². The molecule has 0 aliphatic carbocycles. The number of nitrogens with zero attached hydrogens (tertiary/aromatic N) is 4. The predicted octanol–water partition coefficient (Wildman–Crippen LogP) is 0.356. The van der Waals surface area contributed by atoms with Gasteiger partial charge in [0.05, 0.1) is 12.5 Å². The molecule has 2 aliphatic heterocycles. The molecule has 8 heteroatoms. The van der Waals surface area contributed by atoms with Crippen LogP contribution in [-0.2, 0) is 16.0 Å². The molecule has 3 heterocycles. The molecule has 1 atom stereocenters. The Hall–Kier alpha value is -1.96. The van der Waals surface area contributed by atoms with E-state index in [-0.39, 0.29) is 24.3 Å². The molecule has 0 bridgehead atoms. The highest BCUT2D eigenvalue weighted by Gasteiger charge is 2.32. The lowest BCUT2D eigenvalue weighted by atomic mass is 9.91. The number of aryl methyl sites for hydroxylation is 1. The number of hydrogen-bond donors (Lipinski definition) is 1. The van der Waals surface area contributed by atoms with Crippen molar-refractivity contribution < 1.29 is 14.1 Å². The first-order valence-electron chi connectivity index (χ1n) is 9.10. The molecule has 1 aromatic heterocycles. The molecule has 25 heavy (non-hydrogen) atoms. The summed E-state index contributed by atoms with van der Waals surface area (Å²) < 4.78 is 5.02. The Balaban J connectivity index is 1.47. The summed E-state index contributed by atoms with van der Waals surface area (Å²) in [7, 11) is 0. The Morgan fingerprint density at radius 2 is 2.00 bits per heavy atom. The molecule has 2 fully saturated rings. The van der Waals surface area contributed by atoms with Crippen LogP contribution in [0.3, 0.4) is 0 Å². The smallest absolute Gasteiger partial charge is 0.231 e. The molecule has 0 aromatic carbocycles. The lowest BCUT2D eigenvalue weighted by Crippen LogP contribution is -2.48. The van der Waals surface area contributed by atoms with Gasteiger partial charge in [0.2, 0.25) is 17.7 Å². The number of aromatic nitrogens is 2. The monoisotopic (exact) mass is 349 g/mol. The van der Waals surface area contributed by atoms with Crippen molar-refractivity contribution in [3.05, 3.63) is 11.7 Å². The maximum absolute atomic E-state index is 12.8. The number of carbonyl (C=O) groups excluding carboxylic acids is 2. The van der Waals surface area contributed by atoms with Gasteiger partial charge in [-0.05, 0) is 38.1 Å². The van der Waals surface area contributed by atoms with Gasteiger partial charge in [0.15, 0.2) is 5.82 Å². The first-order chi connectivity index (χ1) is 12.0. The number of primary amides is 1. The van der Waals surface area contributed by atoms with Crippen molar-refractivity contribution >= 4 is 11.8 Å². The molecule has 2 saturated heterocycles. The Kier molecular flexibility index (Phi) is 5.67. The van der Waals surface area contributed by atoms with E-state index >= 15 is 0 Å². The lowest BCUT2D eigenvalue weighted by Gasteiger charge is -2.37. The molecule has 2 amide bonds. The summed E-state index contributed by atoms with van der Waals surface area (Å²) >= 11 is 0. The minimum absolute atomic E-state index is 0.00972. The summed E-state index contributed by atoms with van der Waals surface area (Å²) in [6.45, 7) is 5.10. The van der Waals surface area contributed by atoms with E-state index < -0.39 is 0 Å². The second kappa shape index (κ2) is 7.95. The molecule has 1 aromatic rings. The van der Waals surface area contributed by atoms with Gasteiger partial charge < -0.3 is 15.2 Å². The van der Waals surface area contributed by atoms with Gasteiger partial charge in [0.1, 0.15) is 0 Å². The fourth-order valence-corrected chi connectivity index (χ4v) is 3.92. The summed E-state index contributed by atoms with van der Waals surface area (Å²) in [5.74, 6) is 1.74. The average molecular weight is 349 g/mol. The van der Waals surface area contributed by atoms with Crippen molar-refractivity contribution in [2.75, 3.05) is 32.7 Å². The van der Waals surface area contributed by atoms with Gasteiger partial charge in [-0.25, -0.2) is 0 Å². The maximum atomic E-state index is 12.8. The minimum atomic E-state index is -0.328. The summed E-state index contributed by atoms with van der Waals surface area (Å²) in [5.41, 5.74) is 5.27. The average Bonchev–Trinajstić information content (AvgIpc) is 2.99. The van der Waals surface area contributed by atoms with Crippen molar-refractivity contribution in [1.82, 2.24) is 19.9 Å². The molecule has 138 valence electrons. The van der Waals surface area contributed by atoms with E-state index in [4.69, 9.17) is 10.3 Å². The zero-order valence-electron chi connectivity index (χ0n) is 14.8. The first kappa shape index (κ1) is 17.8. The van der Waals surface area contributed by atoms with Crippen molar-refractivity contribution in [2.24, 2.45) is 17.6 Å². The van der Waals surface area contributed by atoms with Crippen LogP contribution in [0.1, 0.15) is 37.4 Å². The van der Waals surface area contributed by atoms with E-state index in [1.54, 1.807) is 6.92 Å². The van der Waals surface area contributed by atoms with E-state index in [2.05, 4.69) is 10.1 Å². The SMILES string of the molecule is Cc1nc(CC2CCN(C(=O)[C@H]3CCCN(CC(N)=O)C3)CC2)no1. The molecule has 0 unspecified atom stereocenters. The molecular weight excluding hydrogens is 322 g/mol. The third-order valence-electron chi connectivity index (χ3n) is 5.20. The second-order valence-corrected chi connectivity index (χ2v) is 7.24. The Bertz CT molecular complexity index is 609. The topological polar surface area (TPSA) is 106 Å². The van der Waals surface area contributed by atoms with E-state index in [0.717, 1.165) is 57.6 Å². The highest BCUT2D eigenvalue weighted by Crippen LogP contribution is 2.24. The fourth-order valence-electron chi connectivity index (χ4n) is 3.92. The minimum Gasteiger partial charge on any atom is -0.369 e. The van der Waals surface area contributed by atoms with Gasteiger partial charge in [0.25, 0.3) is 0 Å². The largest absolute Gasteiger partial charge is 0.369 e. The Morgan fingerprint density at radius 3 is 2.64 bits per heavy atom. The third kappa shape index (κ3) is 4.78. The van der Waals surface area contributed by atoms with Gasteiger partial charge in [-0.2, -0.15) is 4.98 Å². The molecule has 0 spiro atoms. The number of amides is 2. The number of hydrogen-bond acceptors (Lipinski definition) is 6. The van der Waals surface area contributed by atoms with Crippen LogP contribution in [0.2, 0.25) is 0 Å². The Labute approximate surface area is 147 Å². The highest BCUT2D eigenvalue weighted by atomic mass is 16.5. The fraction of sp³-hybridized carbons (Fsp3) is 0.765. The standard InChI is InChI=1S/C17H27N5O3/c1-12-19-16(20-25-12)9-13-4-7-22(8-5-13)17(24)14-3-2-6-21(10-14)11-15(18)23/h13-14H,2-11H2,1H3,(H2,18,23)/t14-/m0/s1. The molecule has 2 aliphatic rings. The molecule has 0 radical (unpaired) electrons. The van der Waals surface area contributed by atoms with Gasteiger partial charge in [-0.3, -0.25) is 14.5 Å². The molecule has 0 saturated carbocycles. The van der Waals surface area contributed by atoms with Gasteiger partial charge in [-0.15, -0.1) is 0 Å². The highest BCUT2D eigenvalue weighted by molar-refractivity contribution is 5.79. The number of nitrogens with two attached hydrogens (primary N) is 1.